The Morgan fingerprint density at radius 2 is 1.59 bits per heavy atom. The lowest BCUT2D eigenvalue weighted by atomic mass is 10.1. The van der Waals surface area contributed by atoms with Crippen LogP contribution >= 0.6 is 0 Å². The summed E-state index contributed by atoms with van der Waals surface area (Å²) in [6.07, 6.45) is 0. The van der Waals surface area contributed by atoms with Gasteiger partial charge in [0.25, 0.3) is 0 Å². The Bertz CT molecular complexity index is 1120. The maximum absolute atomic E-state index is 5.46. The van der Waals surface area contributed by atoms with E-state index in [1.54, 1.807) is 21.3 Å². The first-order valence-electron chi connectivity index (χ1n) is 8.46. The fraction of sp³-hybridized carbons (Fsp3) is 0.200. The van der Waals surface area contributed by atoms with E-state index in [4.69, 9.17) is 14.2 Å². The predicted octanol–water partition coefficient (Wildman–Crippen LogP) is 4.19. The molecule has 0 aliphatic carbocycles. The third-order valence-corrected chi connectivity index (χ3v) is 4.42. The summed E-state index contributed by atoms with van der Waals surface area (Å²) in [5, 5.41) is 5.24. The second kappa shape index (κ2) is 6.68. The number of hydrogen-bond donors (Lipinski definition) is 2. The number of rotatable bonds is 5. The number of fused-ring (bicyclic) bond motifs is 3. The van der Waals surface area contributed by atoms with E-state index < -0.39 is 0 Å². The van der Waals surface area contributed by atoms with Crippen molar-refractivity contribution in [3.63, 3.8) is 0 Å². The molecule has 0 aliphatic rings. The van der Waals surface area contributed by atoms with Crippen LogP contribution in [0.15, 0.2) is 36.4 Å². The standard InChI is InChI=1S/C20H20N4O3/c1-11-21-19(23-12-5-7-13(25-2)8-6-12)18-14-9-16(26-3)17(27-4)10-15(14)24-20(18)22-11/h5-10H,1-4H3,(H2,21,22,23,24). The number of benzene rings is 2. The number of aryl methyl sites for hydroxylation is 1. The lowest BCUT2D eigenvalue weighted by molar-refractivity contribution is 0.356. The molecule has 7 nitrogen and oxygen atoms in total. The molecule has 2 N–H and O–H groups in total. The number of nitrogens with one attached hydrogen (secondary N) is 2. The Hall–Kier alpha value is -3.48. The molecule has 138 valence electrons. The summed E-state index contributed by atoms with van der Waals surface area (Å²) in [5.41, 5.74) is 2.56. The average molecular weight is 364 g/mol. The molecular formula is C20H20N4O3. The summed E-state index contributed by atoms with van der Waals surface area (Å²) in [4.78, 5) is 12.5. The largest absolute Gasteiger partial charge is 0.497 e. The fourth-order valence-corrected chi connectivity index (χ4v) is 3.14. The van der Waals surface area contributed by atoms with Gasteiger partial charge in [-0.15, -0.1) is 0 Å². The van der Waals surface area contributed by atoms with Crippen molar-refractivity contribution in [1.29, 1.82) is 0 Å². The Morgan fingerprint density at radius 3 is 2.26 bits per heavy atom. The summed E-state index contributed by atoms with van der Waals surface area (Å²) >= 11 is 0. The number of ether oxygens (including phenoxy) is 3. The number of anilines is 2. The van der Waals surface area contributed by atoms with Gasteiger partial charge in [0.2, 0.25) is 0 Å². The molecule has 0 spiro atoms. The van der Waals surface area contributed by atoms with Gasteiger partial charge in [0, 0.05) is 17.1 Å². The zero-order chi connectivity index (χ0) is 19.0. The van der Waals surface area contributed by atoms with Gasteiger partial charge in [0.15, 0.2) is 11.5 Å². The van der Waals surface area contributed by atoms with Gasteiger partial charge in [0.05, 0.1) is 32.2 Å². The summed E-state index contributed by atoms with van der Waals surface area (Å²) < 4.78 is 16.1. The van der Waals surface area contributed by atoms with Gasteiger partial charge in [-0.05, 0) is 37.3 Å². The van der Waals surface area contributed by atoms with Crippen LogP contribution in [-0.4, -0.2) is 36.3 Å². The van der Waals surface area contributed by atoms with E-state index in [0.29, 0.717) is 17.3 Å². The Balaban J connectivity index is 1.90. The second-order valence-electron chi connectivity index (χ2n) is 6.07. The molecule has 2 aromatic heterocycles. The van der Waals surface area contributed by atoms with Crippen LogP contribution in [0.3, 0.4) is 0 Å². The fourth-order valence-electron chi connectivity index (χ4n) is 3.14. The molecule has 0 saturated carbocycles. The van der Waals surface area contributed by atoms with Crippen molar-refractivity contribution in [1.82, 2.24) is 15.0 Å². The van der Waals surface area contributed by atoms with Crippen molar-refractivity contribution in [3.05, 3.63) is 42.2 Å². The summed E-state index contributed by atoms with van der Waals surface area (Å²) in [6.45, 7) is 1.87. The van der Waals surface area contributed by atoms with Crippen LogP contribution in [0.25, 0.3) is 21.9 Å². The monoisotopic (exact) mass is 364 g/mol. The molecule has 4 rings (SSSR count). The van der Waals surface area contributed by atoms with E-state index in [-0.39, 0.29) is 0 Å². The van der Waals surface area contributed by atoms with E-state index in [1.807, 2.05) is 43.3 Å². The van der Waals surface area contributed by atoms with E-state index >= 15 is 0 Å². The molecule has 0 radical (unpaired) electrons. The van der Waals surface area contributed by atoms with Crippen molar-refractivity contribution < 1.29 is 14.2 Å². The minimum absolute atomic E-state index is 0.655. The molecule has 0 aliphatic heterocycles. The third-order valence-electron chi connectivity index (χ3n) is 4.42. The van der Waals surface area contributed by atoms with Gasteiger partial charge in [-0.2, -0.15) is 0 Å². The first kappa shape index (κ1) is 17.0. The summed E-state index contributed by atoms with van der Waals surface area (Å²) in [7, 11) is 4.88. The van der Waals surface area contributed by atoms with E-state index in [1.165, 1.54) is 0 Å². The molecule has 0 bridgehead atoms. The lowest BCUT2D eigenvalue weighted by Crippen LogP contribution is -1.98. The minimum atomic E-state index is 0.655. The van der Waals surface area contributed by atoms with Gasteiger partial charge in [-0.3, -0.25) is 0 Å². The quantitative estimate of drug-likeness (QED) is 0.553. The van der Waals surface area contributed by atoms with Crippen molar-refractivity contribution in [2.45, 2.75) is 6.92 Å². The highest BCUT2D eigenvalue weighted by Gasteiger charge is 2.16. The second-order valence-corrected chi connectivity index (χ2v) is 6.07. The number of aromatic nitrogens is 3. The van der Waals surface area contributed by atoms with Crippen LogP contribution in [0.4, 0.5) is 11.5 Å². The molecular weight excluding hydrogens is 344 g/mol. The minimum Gasteiger partial charge on any atom is -0.497 e. The zero-order valence-corrected chi connectivity index (χ0v) is 15.6. The molecule has 2 aromatic carbocycles. The van der Waals surface area contributed by atoms with Crippen molar-refractivity contribution in [2.75, 3.05) is 26.6 Å². The van der Waals surface area contributed by atoms with E-state index in [2.05, 4.69) is 20.3 Å². The highest BCUT2D eigenvalue weighted by atomic mass is 16.5. The van der Waals surface area contributed by atoms with Crippen LogP contribution in [0, 0.1) is 6.92 Å². The Labute approximate surface area is 156 Å². The van der Waals surface area contributed by atoms with Crippen LogP contribution in [0.2, 0.25) is 0 Å². The Morgan fingerprint density at radius 1 is 0.889 bits per heavy atom. The zero-order valence-electron chi connectivity index (χ0n) is 15.6. The molecule has 27 heavy (non-hydrogen) atoms. The number of nitrogens with zero attached hydrogens (tertiary/aromatic N) is 2. The highest BCUT2D eigenvalue weighted by molar-refractivity contribution is 6.12. The summed E-state index contributed by atoms with van der Waals surface area (Å²) in [5.74, 6) is 3.51. The number of methoxy groups -OCH3 is 3. The van der Waals surface area contributed by atoms with Gasteiger partial charge < -0.3 is 24.5 Å². The maximum atomic E-state index is 5.46. The number of H-pyrrole nitrogens is 1. The van der Waals surface area contributed by atoms with Gasteiger partial charge in [-0.1, -0.05) is 0 Å². The van der Waals surface area contributed by atoms with Crippen LogP contribution in [-0.2, 0) is 0 Å². The average Bonchev–Trinajstić information content (AvgIpc) is 3.04. The first-order chi connectivity index (χ1) is 13.1. The van der Waals surface area contributed by atoms with E-state index in [9.17, 15) is 0 Å². The number of hydrogen-bond acceptors (Lipinski definition) is 6. The van der Waals surface area contributed by atoms with Crippen molar-refractivity contribution >= 4 is 33.4 Å². The molecule has 7 heteroatoms. The topological polar surface area (TPSA) is 81.3 Å². The molecule has 4 aromatic rings. The normalized spacial score (nSPS) is 11.0. The summed E-state index contributed by atoms with van der Waals surface area (Å²) in [6, 6.07) is 11.5. The van der Waals surface area contributed by atoms with Crippen molar-refractivity contribution in [3.8, 4) is 17.2 Å². The van der Waals surface area contributed by atoms with Crippen LogP contribution in [0.5, 0.6) is 17.2 Å². The molecule has 0 saturated heterocycles. The molecule has 0 amide bonds. The van der Waals surface area contributed by atoms with Gasteiger partial charge in [-0.25, -0.2) is 9.97 Å². The predicted molar refractivity (Wildman–Crippen MR) is 106 cm³/mol. The first-order valence-corrected chi connectivity index (χ1v) is 8.46. The molecule has 0 atom stereocenters. The number of aromatic amines is 1. The highest BCUT2D eigenvalue weighted by Crippen LogP contribution is 2.38. The third kappa shape index (κ3) is 2.97. The van der Waals surface area contributed by atoms with Gasteiger partial charge in [0.1, 0.15) is 23.0 Å². The molecule has 0 fully saturated rings. The van der Waals surface area contributed by atoms with E-state index in [0.717, 1.165) is 39.2 Å². The van der Waals surface area contributed by atoms with Crippen LogP contribution < -0.4 is 19.5 Å². The van der Waals surface area contributed by atoms with Crippen molar-refractivity contribution in [2.24, 2.45) is 0 Å². The van der Waals surface area contributed by atoms with Gasteiger partial charge >= 0.3 is 0 Å². The lowest BCUT2D eigenvalue weighted by Gasteiger charge is -2.10. The SMILES string of the molecule is COc1ccc(Nc2nc(C)nc3[nH]c4cc(OC)c(OC)cc4c23)cc1. The van der Waals surface area contributed by atoms with Crippen LogP contribution in [0.1, 0.15) is 5.82 Å². The maximum Gasteiger partial charge on any atom is 0.162 e. The molecule has 0 unspecified atom stereocenters. The smallest absolute Gasteiger partial charge is 0.162 e. The molecule has 2 heterocycles. The Kier molecular flexibility index (Phi) is 4.19.